The Labute approximate surface area is 116 Å². The topological polar surface area (TPSA) is 43.1 Å². The number of carbonyl (C=O) groups excluding carboxylic acids is 1. The lowest BCUT2D eigenvalue weighted by atomic mass is 9.95. The first-order chi connectivity index (χ1) is 8.79. The minimum atomic E-state index is -0.454. The Morgan fingerprint density at radius 1 is 1.21 bits per heavy atom. The molecule has 0 aliphatic rings. The Morgan fingerprint density at radius 2 is 1.89 bits per heavy atom. The summed E-state index contributed by atoms with van der Waals surface area (Å²) in [6.07, 6.45) is 0. The van der Waals surface area contributed by atoms with Gasteiger partial charge in [-0.3, -0.25) is 4.79 Å². The van der Waals surface area contributed by atoms with Gasteiger partial charge in [0.25, 0.3) is 0 Å². The molecule has 0 saturated carbocycles. The summed E-state index contributed by atoms with van der Waals surface area (Å²) in [5, 5.41) is 0. The molecule has 0 atom stereocenters. The second-order valence-corrected chi connectivity index (χ2v) is 6.56. The number of rotatable bonds is 2. The number of thiophene rings is 1. The molecule has 1 aromatic heterocycles. The number of hydrogen-bond donors (Lipinski definition) is 1. The molecule has 2 aromatic rings. The second-order valence-electron chi connectivity index (χ2n) is 5.47. The maximum absolute atomic E-state index is 13.2. The summed E-state index contributed by atoms with van der Waals surface area (Å²) in [5.41, 5.74) is 6.26. The SMILES string of the molecule is CC(C)(C)c1ccc(C(=O)c2cc(F)ccc2N)s1. The molecule has 0 unspecified atom stereocenters. The average molecular weight is 277 g/mol. The molecule has 0 fully saturated rings. The van der Waals surface area contributed by atoms with E-state index in [-0.39, 0.29) is 16.8 Å². The zero-order valence-electron chi connectivity index (χ0n) is 11.2. The molecule has 19 heavy (non-hydrogen) atoms. The lowest BCUT2D eigenvalue weighted by molar-refractivity contribution is 0.104. The van der Waals surface area contributed by atoms with Crippen LogP contribution in [0, 0.1) is 5.82 Å². The highest BCUT2D eigenvalue weighted by atomic mass is 32.1. The van der Waals surface area contributed by atoms with Crippen LogP contribution in [0.15, 0.2) is 30.3 Å². The molecule has 2 rings (SSSR count). The van der Waals surface area contributed by atoms with Gasteiger partial charge in [0.1, 0.15) is 5.82 Å². The Morgan fingerprint density at radius 3 is 2.47 bits per heavy atom. The fourth-order valence-corrected chi connectivity index (χ4v) is 2.74. The highest BCUT2D eigenvalue weighted by Crippen LogP contribution is 2.31. The number of carbonyl (C=O) groups is 1. The van der Waals surface area contributed by atoms with Gasteiger partial charge in [-0.1, -0.05) is 20.8 Å². The molecule has 0 amide bonds. The van der Waals surface area contributed by atoms with E-state index in [1.807, 2.05) is 6.07 Å². The van der Waals surface area contributed by atoms with Crippen molar-refractivity contribution in [3.8, 4) is 0 Å². The highest BCUT2D eigenvalue weighted by molar-refractivity contribution is 7.14. The van der Waals surface area contributed by atoms with Gasteiger partial charge in [-0.2, -0.15) is 0 Å². The molecule has 4 heteroatoms. The molecule has 2 N–H and O–H groups in total. The van der Waals surface area contributed by atoms with Crippen LogP contribution >= 0.6 is 11.3 Å². The number of benzene rings is 1. The molecular formula is C15H16FNOS. The zero-order chi connectivity index (χ0) is 14.2. The van der Waals surface area contributed by atoms with E-state index >= 15 is 0 Å². The van der Waals surface area contributed by atoms with Gasteiger partial charge in [-0.05, 0) is 35.7 Å². The van der Waals surface area contributed by atoms with Crippen LogP contribution < -0.4 is 5.73 Å². The number of nitrogens with two attached hydrogens (primary N) is 1. The molecule has 0 radical (unpaired) electrons. The number of nitrogen functional groups attached to an aromatic ring is 1. The summed E-state index contributed by atoms with van der Waals surface area (Å²) in [4.78, 5) is 14.0. The highest BCUT2D eigenvalue weighted by Gasteiger charge is 2.20. The van der Waals surface area contributed by atoms with Crippen molar-refractivity contribution in [3.63, 3.8) is 0 Å². The van der Waals surface area contributed by atoms with Crippen molar-refractivity contribution in [2.45, 2.75) is 26.2 Å². The number of ketones is 1. The predicted molar refractivity (Wildman–Crippen MR) is 77.3 cm³/mol. The maximum atomic E-state index is 13.2. The number of hydrogen-bond acceptors (Lipinski definition) is 3. The standard InChI is InChI=1S/C15H16FNOS/c1-15(2,3)13-7-6-12(19-13)14(18)10-8-9(16)4-5-11(10)17/h4-8H,17H2,1-3H3. The van der Waals surface area contributed by atoms with Crippen LogP contribution in [0.1, 0.15) is 40.9 Å². The fourth-order valence-electron chi connectivity index (χ4n) is 1.72. The lowest BCUT2D eigenvalue weighted by Gasteiger charge is -2.15. The first kappa shape index (κ1) is 13.7. The van der Waals surface area contributed by atoms with Crippen LogP contribution in [0.2, 0.25) is 0 Å². The van der Waals surface area contributed by atoms with Crippen LogP contribution in [-0.2, 0) is 5.41 Å². The van der Waals surface area contributed by atoms with Crippen molar-refractivity contribution < 1.29 is 9.18 Å². The van der Waals surface area contributed by atoms with Gasteiger partial charge < -0.3 is 5.73 Å². The average Bonchev–Trinajstić information content (AvgIpc) is 2.80. The van der Waals surface area contributed by atoms with E-state index in [0.29, 0.717) is 10.6 Å². The maximum Gasteiger partial charge on any atom is 0.205 e. The molecule has 0 bridgehead atoms. The molecule has 1 heterocycles. The Bertz CT molecular complexity index is 625. The van der Waals surface area contributed by atoms with E-state index in [2.05, 4.69) is 20.8 Å². The molecule has 0 saturated heterocycles. The van der Waals surface area contributed by atoms with Crippen molar-refractivity contribution >= 4 is 22.8 Å². The largest absolute Gasteiger partial charge is 0.398 e. The van der Waals surface area contributed by atoms with Crippen LogP contribution in [-0.4, -0.2) is 5.78 Å². The van der Waals surface area contributed by atoms with Gasteiger partial charge in [0.2, 0.25) is 5.78 Å². The van der Waals surface area contributed by atoms with Crippen LogP contribution in [0.4, 0.5) is 10.1 Å². The van der Waals surface area contributed by atoms with Crippen LogP contribution in [0.3, 0.4) is 0 Å². The summed E-state index contributed by atoms with van der Waals surface area (Å²) < 4.78 is 13.2. The molecule has 2 nitrogen and oxygen atoms in total. The Kier molecular flexibility index (Phi) is 3.45. The molecule has 100 valence electrons. The third-order valence-electron chi connectivity index (χ3n) is 2.83. The first-order valence-electron chi connectivity index (χ1n) is 5.99. The number of anilines is 1. The molecular weight excluding hydrogens is 261 g/mol. The van der Waals surface area contributed by atoms with Crippen molar-refractivity contribution in [1.29, 1.82) is 0 Å². The summed E-state index contributed by atoms with van der Waals surface area (Å²) in [7, 11) is 0. The van der Waals surface area contributed by atoms with E-state index in [9.17, 15) is 9.18 Å². The van der Waals surface area contributed by atoms with Gasteiger partial charge >= 0.3 is 0 Å². The minimum Gasteiger partial charge on any atom is -0.398 e. The van der Waals surface area contributed by atoms with Crippen molar-refractivity contribution in [3.05, 3.63) is 51.5 Å². The fraction of sp³-hybridized carbons (Fsp3) is 0.267. The monoisotopic (exact) mass is 277 g/mol. The van der Waals surface area contributed by atoms with E-state index in [1.54, 1.807) is 6.07 Å². The Balaban J connectivity index is 2.39. The van der Waals surface area contributed by atoms with E-state index < -0.39 is 5.82 Å². The molecule has 0 spiro atoms. The zero-order valence-corrected chi connectivity index (χ0v) is 12.0. The predicted octanol–water partition coefficient (Wildman–Crippen LogP) is 4.00. The van der Waals surface area contributed by atoms with E-state index in [4.69, 9.17) is 5.73 Å². The third-order valence-corrected chi connectivity index (χ3v) is 4.34. The van der Waals surface area contributed by atoms with Gasteiger partial charge in [0, 0.05) is 16.1 Å². The molecule has 0 aliphatic heterocycles. The minimum absolute atomic E-state index is 0.00329. The molecule has 0 aliphatic carbocycles. The smallest absolute Gasteiger partial charge is 0.205 e. The third kappa shape index (κ3) is 2.84. The van der Waals surface area contributed by atoms with Crippen molar-refractivity contribution in [1.82, 2.24) is 0 Å². The van der Waals surface area contributed by atoms with Gasteiger partial charge in [-0.25, -0.2) is 4.39 Å². The van der Waals surface area contributed by atoms with Gasteiger partial charge in [-0.15, -0.1) is 11.3 Å². The van der Waals surface area contributed by atoms with Crippen LogP contribution in [0.25, 0.3) is 0 Å². The second kappa shape index (κ2) is 4.78. The summed E-state index contributed by atoms with van der Waals surface area (Å²) in [6, 6.07) is 7.57. The van der Waals surface area contributed by atoms with Gasteiger partial charge in [0.15, 0.2) is 0 Å². The lowest BCUT2D eigenvalue weighted by Crippen LogP contribution is -2.08. The summed E-state index contributed by atoms with van der Waals surface area (Å²) in [5.74, 6) is -0.678. The van der Waals surface area contributed by atoms with E-state index in [1.165, 1.54) is 29.5 Å². The van der Waals surface area contributed by atoms with Gasteiger partial charge in [0.05, 0.1) is 4.88 Å². The quantitative estimate of drug-likeness (QED) is 0.666. The van der Waals surface area contributed by atoms with Crippen LogP contribution in [0.5, 0.6) is 0 Å². The summed E-state index contributed by atoms with van der Waals surface area (Å²) in [6.45, 7) is 6.26. The normalized spacial score (nSPS) is 11.6. The number of halogens is 1. The summed E-state index contributed by atoms with van der Waals surface area (Å²) >= 11 is 1.43. The van der Waals surface area contributed by atoms with E-state index in [0.717, 1.165) is 4.88 Å². The van der Waals surface area contributed by atoms with Crippen molar-refractivity contribution in [2.75, 3.05) is 5.73 Å². The molecule has 1 aromatic carbocycles. The first-order valence-corrected chi connectivity index (χ1v) is 6.81. The Hall–Kier alpha value is -1.68. The van der Waals surface area contributed by atoms with Crippen molar-refractivity contribution in [2.24, 2.45) is 0 Å².